The van der Waals surface area contributed by atoms with Gasteiger partial charge in [0.15, 0.2) is 0 Å². The second kappa shape index (κ2) is 6.01. The van der Waals surface area contributed by atoms with Gasteiger partial charge in [0.2, 0.25) is 0 Å². The van der Waals surface area contributed by atoms with Crippen molar-refractivity contribution >= 4 is 35.2 Å². The minimum atomic E-state index is -0.992. The van der Waals surface area contributed by atoms with Crippen LogP contribution in [0.25, 0.3) is 0 Å². The van der Waals surface area contributed by atoms with Gasteiger partial charge in [-0.3, -0.25) is 9.78 Å². The fraction of sp³-hybridized carbons (Fsp3) is 0.462. The zero-order valence-electron chi connectivity index (χ0n) is 11.1. The summed E-state index contributed by atoms with van der Waals surface area (Å²) in [6.07, 6.45) is 2.87. The van der Waals surface area contributed by atoms with Crippen molar-refractivity contribution in [1.82, 2.24) is 9.88 Å². The van der Waals surface area contributed by atoms with Gasteiger partial charge in [-0.05, 0) is 12.0 Å². The van der Waals surface area contributed by atoms with E-state index in [4.69, 9.17) is 11.6 Å². The van der Waals surface area contributed by atoms with Crippen molar-refractivity contribution in [1.29, 1.82) is 0 Å². The van der Waals surface area contributed by atoms with Crippen molar-refractivity contribution in [2.45, 2.75) is 25.3 Å². The van der Waals surface area contributed by atoms with Gasteiger partial charge in [-0.25, -0.2) is 4.79 Å². The third-order valence-corrected chi connectivity index (χ3v) is 5.07. The van der Waals surface area contributed by atoms with E-state index in [9.17, 15) is 14.7 Å². The van der Waals surface area contributed by atoms with Gasteiger partial charge in [-0.15, -0.1) is 11.8 Å². The third-order valence-electron chi connectivity index (χ3n) is 3.12. The Hall–Kier alpha value is -1.27. The Bertz CT molecular complexity index is 538. The molecule has 108 valence electrons. The smallest absolute Gasteiger partial charge is 0.327 e. The molecule has 1 amide bonds. The average Bonchev–Trinajstić information content (AvgIpc) is 2.83. The lowest BCUT2D eigenvalue weighted by Gasteiger charge is -2.29. The van der Waals surface area contributed by atoms with Gasteiger partial charge in [0, 0.05) is 18.1 Å². The van der Waals surface area contributed by atoms with Crippen molar-refractivity contribution in [2.24, 2.45) is 5.92 Å². The molecule has 1 aliphatic rings. The SMILES string of the molecule is CC(C)C1SCC(C(=O)O)N1C(=O)c1cnccc1Cl. The molecule has 0 spiro atoms. The molecule has 1 saturated heterocycles. The molecule has 1 fully saturated rings. The normalized spacial score (nSPS) is 22.3. The quantitative estimate of drug-likeness (QED) is 0.927. The molecule has 0 radical (unpaired) electrons. The molecule has 2 heterocycles. The molecule has 0 aliphatic carbocycles. The van der Waals surface area contributed by atoms with Crippen LogP contribution in [0.4, 0.5) is 0 Å². The molecule has 1 aromatic rings. The fourth-order valence-electron chi connectivity index (χ4n) is 2.16. The monoisotopic (exact) mass is 314 g/mol. The molecule has 0 saturated carbocycles. The lowest BCUT2D eigenvalue weighted by Crippen LogP contribution is -2.47. The van der Waals surface area contributed by atoms with E-state index in [0.29, 0.717) is 5.75 Å². The molecule has 0 bridgehead atoms. The van der Waals surface area contributed by atoms with E-state index < -0.39 is 12.0 Å². The number of carboxylic acids is 1. The number of carboxylic acid groups (broad SMARTS) is 1. The van der Waals surface area contributed by atoms with Crippen LogP contribution >= 0.6 is 23.4 Å². The lowest BCUT2D eigenvalue weighted by molar-refractivity contribution is -0.141. The number of aliphatic carboxylic acids is 1. The number of pyridine rings is 1. The van der Waals surface area contributed by atoms with Gasteiger partial charge in [0.1, 0.15) is 6.04 Å². The average molecular weight is 315 g/mol. The predicted octanol–water partition coefficient (Wildman–Crippen LogP) is 2.36. The van der Waals surface area contributed by atoms with Crippen LogP contribution in [-0.2, 0) is 4.79 Å². The van der Waals surface area contributed by atoms with Gasteiger partial charge in [-0.2, -0.15) is 0 Å². The first-order valence-corrected chi connectivity index (χ1v) is 7.62. The van der Waals surface area contributed by atoms with E-state index in [0.717, 1.165) is 0 Å². The van der Waals surface area contributed by atoms with Crippen LogP contribution in [0, 0.1) is 5.92 Å². The highest BCUT2D eigenvalue weighted by atomic mass is 35.5. The van der Waals surface area contributed by atoms with E-state index in [1.807, 2.05) is 13.8 Å². The molecule has 1 aromatic heterocycles. The first-order chi connectivity index (χ1) is 9.43. The van der Waals surface area contributed by atoms with E-state index in [-0.39, 0.29) is 27.8 Å². The standard InChI is InChI=1S/C13H15ClN2O3S/c1-7(2)12-16(10(6-20-12)13(18)19)11(17)8-5-15-4-3-9(8)14/h3-5,7,10,12H,6H2,1-2H3,(H,18,19). The maximum atomic E-state index is 12.6. The van der Waals surface area contributed by atoms with Crippen LogP contribution in [0.5, 0.6) is 0 Å². The Balaban J connectivity index is 2.37. The number of amides is 1. The Morgan fingerprint density at radius 1 is 1.55 bits per heavy atom. The van der Waals surface area contributed by atoms with E-state index in [1.54, 1.807) is 0 Å². The zero-order valence-corrected chi connectivity index (χ0v) is 12.7. The molecule has 1 N–H and O–H groups in total. The van der Waals surface area contributed by atoms with Crippen LogP contribution in [0.1, 0.15) is 24.2 Å². The first-order valence-electron chi connectivity index (χ1n) is 6.20. The van der Waals surface area contributed by atoms with Crippen molar-refractivity contribution in [2.75, 3.05) is 5.75 Å². The van der Waals surface area contributed by atoms with Gasteiger partial charge in [-0.1, -0.05) is 25.4 Å². The summed E-state index contributed by atoms with van der Waals surface area (Å²) >= 11 is 7.50. The fourth-order valence-corrected chi connectivity index (χ4v) is 3.82. The summed E-state index contributed by atoms with van der Waals surface area (Å²) in [5.41, 5.74) is 0.244. The number of aromatic nitrogens is 1. The van der Waals surface area contributed by atoms with Crippen LogP contribution in [0.3, 0.4) is 0 Å². The molecule has 2 atom stereocenters. The molecule has 5 nitrogen and oxygen atoms in total. The number of hydrogen-bond donors (Lipinski definition) is 1. The van der Waals surface area contributed by atoms with Crippen LogP contribution in [-0.4, -0.2) is 44.0 Å². The molecule has 20 heavy (non-hydrogen) atoms. The summed E-state index contributed by atoms with van der Waals surface area (Å²) in [5.74, 6) is -0.820. The van der Waals surface area contributed by atoms with Crippen molar-refractivity contribution in [3.63, 3.8) is 0 Å². The second-order valence-corrected chi connectivity index (χ2v) is 6.45. The Kier molecular flexibility index (Phi) is 4.55. The Morgan fingerprint density at radius 3 is 2.80 bits per heavy atom. The predicted molar refractivity (Wildman–Crippen MR) is 77.9 cm³/mol. The highest BCUT2D eigenvalue weighted by Crippen LogP contribution is 2.35. The number of carbonyl (C=O) groups excluding carboxylic acids is 1. The summed E-state index contributed by atoms with van der Waals surface area (Å²) in [5, 5.41) is 9.41. The van der Waals surface area contributed by atoms with Crippen LogP contribution < -0.4 is 0 Å². The van der Waals surface area contributed by atoms with Gasteiger partial charge in [0.05, 0.1) is 16.0 Å². The molecular weight excluding hydrogens is 300 g/mol. The van der Waals surface area contributed by atoms with E-state index in [1.165, 1.54) is 35.1 Å². The summed E-state index contributed by atoms with van der Waals surface area (Å²) in [4.78, 5) is 29.3. The van der Waals surface area contributed by atoms with E-state index >= 15 is 0 Å². The second-order valence-electron chi connectivity index (χ2n) is 4.89. The largest absolute Gasteiger partial charge is 0.480 e. The first kappa shape index (κ1) is 15.1. The van der Waals surface area contributed by atoms with Gasteiger partial charge in [0.25, 0.3) is 5.91 Å². The van der Waals surface area contributed by atoms with Crippen molar-refractivity contribution in [3.05, 3.63) is 29.0 Å². The minimum Gasteiger partial charge on any atom is -0.480 e. The third kappa shape index (κ3) is 2.76. The lowest BCUT2D eigenvalue weighted by atomic mass is 10.1. The summed E-state index contributed by atoms with van der Waals surface area (Å²) in [6, 6.07) is 0.703. The molecular formula is C13H15ClN2O3S. The molecule has 0 aromatic carbocycles. The molecule has 1 aliphatic heterocycles. The highest BCUT2D eigenvalue weighted by molar-refractivity contribution is 8.00. The maximum Gasteiger partial charge on any atom is 0.327 e. The zero-order chi connectivity index (χ0) is 14.9. The van der Waals surface area contributed by atoms with Gasteiger partial charge >= 0.3 is 5.97 Å². The summed E-state index contributed by atoms with van der Waals surface area (Å²) < 4.78 is 0. The van der Waals surface area contributed by atoms with Gasteiger partial charge < -0.3 is 10.0 Å². The highest BCUT2D eigenvalue weighted by Gasteiger charge is 2.43. The number of nitrogens with zero attached hydrogens (tertiary/aromatic N) is 2. The Morgan fingerprint density at radius 2 is 2.25 bits per heavy atom. The van der Waals surface area contributed by atoms with Crippen LogP contribution in [0.2, 0.25) is 5.02 Å². The molecule has 2 rings (SSSR count). The number of carbonyl (C=O) groups is 2. The topological polar surface area (TPSA) is 70.5 Å². The number of hydrogen-bond acceptors (Lipinski definition) is 4. The molecule has 7 heteroatoms. The number of thioether (sulfide) groups is 1. The summed E-state index contributed by atoms with van der Waals surface area (Å²) in [7, 11) is 0. The summed E-state index contributed by atoms with van der Waals surface area (Å²) in [6.45, 7) is 3.93. The number of rotatable bonds is 3. The van der Waals surface area contributed by atoms with Crippen molar-refractivity contribution < 1.29 is 14.7 Å². The molecule has 2 unspecified atom stereocenters. The van der Waals surface area contributed by atoms with Crippen molar-refractivity contribution in [3.8, 4) is 0 Å². The van der Waals surface area contributed by atoms with E-state index in [2.05, 4.69) is 4.98 Å². The van der Waals surface area contributed by atoms with Crippen LogP contribution in [0.15, 0.2) is 18.5 Å². The minimum absolute atomic E-state index is 0.156. The maximum absolute atomic E-state index is 12.6. The number of halogens is 1. The Labute approximate surface area is 126 Å².